The largest absolute Gasteiger partial charge is 0.480 e. The number of ether oxygens (including phenoxy) is 1. The standard InChI is InChI=1S/C13H23N3O4/c1-10-9-16(6-5-15(10)2)12(19)14-13(11(17)18)3-7-20-8-4-13/h10H,3-9H2,1-2H3,(H,14,19)(H,17,18). The van der Waals surface area contributed by atoms with Crippen molar-refractivity contribution in [2.45, 2.75) is 31.3 Å². The zero-order valence-corrected chi connectivity index (χ0v) is 12.1. The average molecular weight is 285 g/mol. The molecule has 0 aromatic rings. The number of nitrogens with one attached hydrogen (secondary N) is 1. The summed E-state index contributed by atoms with van der Waals surface area (Å²) in [5.74, 6) is -0.976. The molecule has 0 spiro atoms. The number of carbonyl (C=O) groups excluding carboxylic acids is 1. The van der Waals surface area contributed by atoms with E-state index in [0.29, 0.717) is 39.1 Å². The first-order valence-electron chi connectivity index (χ1n) is 7.03. The molecule has 20 heavy (non-hydrogen) atoms. The summed E-state index contributed by atoms with van der Waals surface area (Å²) in [4.78, 5) is 27.7. The van der Waals surface area contributed by atoms with Gasteiger partial charge in [0.15, 0.2) is 0 Å². The van der Waals surface area contributed by atoms with Crippen LogP contribution in [0.4, 0.5) is 4.79 Å². The molecule has 2 amide bonds. The summed E-state index contributed by atoms with van der Waals surface area (Å²) in [6, 6.07) is -0.000725. The molecule has 0 aliphatic carbocycles. The minimum absolute atomic E-state index is 0.282. The highest BCUT2D eigenvalue weighted by atomic mass is 16.5. The number of amides is 2. The Bertz CT molecular complexity index is 382. The zero-order chi connectivity index (χ0) is 14.8. The van der Waals surface area contributed by atoms with Crippen LogP contribution in [0.3, 0.4) is 0 Å². The third kappa shape index (κ3) is 3.04. The van der Waals surface area contributed by atoms with E-state index in [1.807, 2.05) is 7.05 Å². The second kappa shape index (κ2) is 5.97. The summed E-state index contributed by atoms with van der Waals surface area (Å²) in [7, 11) is 2.02. The van der Waals surface area contributed by atoms with Gasteiger partial charge in [-0.2, -0.15) is 0 Å². The predicted octanol–water partition coefficient (Wildman–Crippen LogP) is -0.0343. The number of carboxylic acid groups (broad SMARTS) is 1. The van der Waals surface area contributed by atoms with E-state index < -0.39 is 11.5 Å². The minimum Gasteiger partial charge on any atom is -0.480 e. The van der Waals surface area contributed by atoms with E-state index in [1.165, 1.54) is 0 Å². The van der Waals surface area contributed by atoms with Crippen molar-refractivity contribution >= 4 is 12.0 Å². The lowest BCUT2D eigenvalue weighted by molar-refractivity contribution is -0.148. The summed E-state index contributed by atoms with van der Waals surface area (Å²) >= 11 is 0. The van der Waals surface area contributed by atoms with E-state index in [9.17, 15) is 14.7 Å². The van der Waals surface area contributed by atoms with Gasteiger partial charge in [0, 0.05) is 51.7 Å². The first-order chi connectivity index (χ1) is 9.44. The molecule has 2 aliphatic heterocycles. The molecule has 2 rings (SSSR count). The Kier molecular flexibility index (Phi) is 4.49. The van der Waals surface area contributed by atoms with Gasteiger partial charge < -0.3 is 25.0 Å². The Balaban J connectivity index is 2.00. The van der Waals surface area contributed by atoms with Gasteiger partial charge in [-0.25, -0.2) is 9.59 Å². The lowest BCUT2D eigenvalue weighted by Gasteiger charge is -2.40. The smallest absolute Gasteiger partial charge is 0.329 e. The molecule has 2 heterocycles. The van der Waals surface area contributed by atoms with Crippen molar-refractivity contribution in [2.75, 3.05) is 39.9 Å². The summed E-state index contributed by atoms with van der Waals surface area (Å²) in [5.41, 5.74) is -1.18. The number of hydrogen-bond donors (Lipinski definition) is 2. The maximum Gasteiger partial charge on any atom is 0.329 e. The van der Waals surface area contributed by atoms with E-state index in [4.69, 9.17) is 4.74 Å². The van der Waals surface area contributed by atoms with Crippen LogP contribution >= 0.6 is 0 Å². The number of urea groups is 1. The second-order valence-corrected chi connectivity index (χ2v) is 5.71. The zero-order valence-electron chi connectivity index (χ0n) is 12.1. The number of aliphatic carboxylic acids is 1. The van der Waals surface area contributed by atoms with Gasteiger partial charge in [0.1, 0.15) is 5.54 Å². The van der Waals surface area contributed by atoms with E-state index in [-0.39, 0.29) is 12.1 Å². The predicted molar refractivity (Wildman–Crippen MR) is 72.6 cm³/mol. The fraction of sp³-hybridized carbons (Fsp3) is 0.846. The Morgan fingerprint density at radius 2 is 1.95 bits per heavy atom. The van der Waals surface area contributed by atoms with Crippen LogP contribution in [0, 0.1) is 0 Å². The first kappa shape index (κ1) is 15.1. The average Bonchev–Trinajstić information content (AvgIpc) is 2.42. The molecule has 0 aromatic heterocycles. The Morgan fingerprint density at radius 3 is 2.50 bits per heavy atom. The molecule has 0 bridgehead atoms. The summed E-state index contributed by atoms with van der Waals surface area (Å²) < 4.78 is 5.20. The number of hydrogen-bond acceptors (Lipinski definition) is 4. The van der Waals surface area contributed by atoms with Crippen LogP contribution in [0.1, 0.15) is 19.8 Å². The fourth-order valence-corrected chi connectivity index (χ4v) is 2.63. The van der Waals surface area contributed by atoms with Crippen LogP contribution in [-0.2, 0) is 9.53 Å². The van der Waals surface area contributed by atoms with Crippen LogP contribution in [0.25, 0.3) is 0 Å². The molecule has 7 heteroatoms. The number of carboxylic acids is 1. The first-order valence-corrected chi connectivity index (χ1v) is 7.03. The molecule has 114 valence electrons. The van der Waals surface area contributed by atoms with Gasteiger partial charge in [0.05, 0.1) is 0 Å². The molecule has 1 unspecified atom stereocenters. The highest BCUT2D eigenvalue weighted by Gasteiger charge is 2.42. The second-order valence-electron chi connectivity index (χ2n) is 5.71. The summed E-state index contributed by atoms with van der Waals surface area (Å²) in [5, 5.41) is 12.2. The van der Waals surface area contributed by atoms with Crippen molar-refractivity contribution in [1.82, 2.24) is 15.1 Å². The number of piperazine rings is 1. The number of rotatable bonds is 2. The maximum atomic E-state index is 12.3. The lowest BCUT2D eigenvalue weighted by Crippen LogP contribution is -2.62. The van der Waals surface area contributed by atoms with Crippen LogP contribution < -0.4 is 5.32 Å². The van der Waals surface area contributed by atoms with Crippen molar-refractivity contribution in [1.29, 1.82) is 0 Å². The van der Waals surface area contributed by atoms with Gasteiger partial charge in [-0.05, 0) is 14.0 Å². The van der Waals surface area contributed by atoms with E-state index in [1.54, 1.807) is 4.90 Å². The van der Waals surface area contributed by atoms with E-state index in [0.717, 1.165) is 6.54 Å². The summed E-state index contributed by atoms with van der Waals surface area (Å²) in [6.07, 6.45) is 0.634. The van der Waals surface area contributed by atoms with Crippen LogP contribution in [0.5, 0.6) is 0 Å². The van der Waals surface area contributed by atoms with Gasteiger partial charge in [0.2, 0.25) is 0 Å². The molecular formula is C13H23N3O4. The molecule has 7 nitrogen and oxygen atoms in total. The highest BCUT2D eigenvalue weighted by Crippen LogP contribution is 2.22. The number of nitrogens with zero attached hydrogens (tertiary/aromatic N) is 2. The maximum absolute atomic E-state index is 12.3. The van der Waals surface area contributed by atoms with Gasteiger partial charge in [-0.1, -0.05) is 0 Å². The lowest BCUT2D eigenvalue weighted by atomic mass is 9.90. The third-order valence-electron chi connectivity index (χ3n) is 4.35. The van der Waals surface area contributed by atoms with Crippen molar-refractivity contribution in [3.8, 4) is 0 Å². The third-order valence-corrected chi connectivity index (χ3v) is 4.35. The minimum atomic E-state index is -1.18. The van der Waals surface area contributed by atoms with Crippen molar-refractivity contribution in [2.24, 2.45) is 0 Å². The van der Waals surface area contributed by atoms with Gasteiger partial charge in [0.25, 0.3) is 0 Å². The molecule has 2 saturated heterocycles. The highest BCUT2D eigenvalue weighted by molar-refractivity contribution is 5.86. The molecule has 2 fully saturated rings. The van der Waals surface area contributed by atoms with E-state index in [2.05, 4.69) is 17.1 Å². The topological polar surface area (TPSA) is 82.1 Å². The van der Waals surface area contributed by atoms with Crippen LogP contribution in [-0.4, -0.2) is 78.4 Å². The molecular weight excluding hydrogens is 262 g/mol. The van der Waals surface area contributed by atoms with Crippen molar-refractivity contribution < 1.29 is 19.4 Å². The van der Waals surface area contributed by atoms with Gasteiger partial charge in [-0.15, -0.1) is 0 Å². The number of carbonyl (C=O) groups is 2. The monoisotopic (exact) mass is 285 g/mol. The normalized spacial score (nSPS) is 27.1. The molecule has 0 saturated carbocycles. The molecule has 2 aliphatic rings. The van der Waals surface area contributed by atoms with E-state index >= 15 is 0 Å². The molecule has 1 atom stereocenters. The fourth-order valence-electron chi connectivity index (χ4n) is 2.63. The van der Waals surface area contributed by atoms with Crippen LogP contribution in [0.2, 0.25) is 0 Å². The Labute approximate surface area is 118 Å². The van der Waals surface area contributed by atoms with Gasteiger partial charge >= 0.3 is 12.0 Å². The Hall–Kier alpha value is -1.34. The SMILES string of the molecule is CC1CN(C(=O)NC2(C(=O)O)CCOCC2)CCN1C. The number of likely N-dealkylation sites (N-methyl/N-ethyl adjacent to an activating group) is 1. The molecule has 2 N–H and O–H groups in total. The van der Waals surface area contributed by atoms with Crippen LogP contribution in [0.15, 0.2) is 0 Å². The van der Waals surface area contributed by atoms with Crippen molar-refractivity contribution in [3.63, 3.8) is 0 Å². The quantitative estimate of drug-likeness (QED) is 0.744. The molecule has 0 aromatic carbocycles. The Morgan fingerprint density at radius 1 is 1.30 bits per heavy atom. The molecule has 0 radical (unpaired) electrons. The van der Waals surface area contributed by atoms with Gasteiger partial charge in [-0.3, -0.25) is 0 Å². The summed E-state index contributed by atoms with van der Waals surface area (Å²) in [6.45, 7) is 4.84. The van der Waals surface area contributed by atoms with Crippen molar-refractivity contribution in [3.05, 3.63) is 0 Å².